The smallest absolute Gasteiger partial charge is 0.311 e. The average Bonchev–Trinajstić information content (AvgIpc) is 3.08. The Balaban J connectivity index is 2.07. The summed E-state index contributed by atoms with van der Waals surface area (Å²) in [6, 6.07) is 0. The van der Waals surface area contributed by atoms with Gasteiger partial charge in [0.2, 0.25) is 5.95 Å². The molecule has 0 aromatic carbocycles. The van der Waals surface area contributed by atoms with Crippen LogP contribution in [-0.2, 0) is 9.53 Å². The molecule has 1 aliphatic rings. The molecule has 0 aliphatic carbocycles. The van der Waals surface area contributed by atoms with Gasteiger partial charge in [-0.25, -0.2) is 0 Å². The Labute approximate surface area is 154 Å². The van der Waals surface area contributed by atoms with Crippen LogP contribution < -0.4 is 16.2 Å². The summed E-state index contributed by atoms with van der Waals surface area (Å²) in [7, 11) is 0. The van der Waals surface area contributed by atoms with Crippen molar-refractivity contribution in [3.63, 3.8) is 0 Å². The number of aliphatic hydroxyl groups is 1. The van der Waals surface area contributed by atoms with E-state index in [4.69, 9.17) is 15.6 Å². The molecule has 10 nitrogen and oxygen atoms in total. The number of hydrogen-bond donors (Lipinski definition) is 4. The van der Waals surface area contributed by atoms with Crippen LogP contribution in [0.3, 0.4) is 0 Å². The van der Waals surface area contributed by atoms with Gasteiger partial charge in [0.25, 0.3) is 5.56 Å². The number of rotatable bonds is 6. The lowest BCUT2D eigenvalue weighted by Crippen LogP contribution is -2.29. The Morgan fingerprint density at radius 3 is 2.92 bits per heavy atom. The fourth-order valence-corrected chi connectivity index (χ4v) is 4.89. The van der Waals surface area contributed by atoms with Crippen LogP contribution in [0, 0.1) is 0 Å². The lowest BCUT2D eigenvalue weighted by atomic mass is 10.2. The largest absolute Gasteiger partial charge is 0.481 e. The number of aromatic amines is 1. The number of carbonyl (C=O) groups is 1. The second-order valence-electron chi connectivity index (χ2n) is 5.60. The van der Waals surface area contributed by atoms with Gasteiger partial charge >= 0.3 is 10.8 Å². The summed E-state index contributed by atoms with van der Waals surface area (Å²) in [5.74, 6) is -1.24. The molecule has 3 rings (SSSR count). The number of nitrogens with zero attached hydrogens (tertiary/aromatic N) is 2. The molecule has 0 saturated carbocycles. The lowest BCUT2D eigenvalue weighted by molar-refractivity contribution is -0.138. The molecule has 26 heavy (non-hydrogen) atoms. The number of aliphatic carboxylic acids is 1. The number of nitrogen functional groups attached to an aromatic ring is 1. The predicted octanol–water partition coefficient (Wildman–Crippen LogP) is 0.0969. The quantitative estimate of drug-likeness (QED) is 0.493. The van der Waals surface area contributed by atoms with Crippen molar-refractivity contribution in [2.24, 2.45) is 0 Å². The Hall–Kier alpha value is -2.15. The molecule has 2 aromatic heterocycles. The van der Waals surface area contributed by atoms with E-state index >= 15 is 0 Å². The number of aliphatic hydroxyl groups excluding tert-OH is 1. The lowest BCUT2D eigenvalue weighted by Gasteiger charge is -2.18. The van der Waals surface area contributed by atoms with E-state index in [-0.39, 0.29) is 29.1 Å². The van der Waals surface area contributed by atoms with Crippen LogP contribution in [0.25, 0.3) is 10.3 Å². The molecule has 140 valence electrons. The second kappa shape index (κ2) is 7.23. The Morgan fingerprint density at radius 2 is 2.27 bits per heavy atom. The summed E-state index contributed by atoms with van der Waals surface area (Å²) in [5, 5.41) is 18.7. The normalized spacial score (nSPS) is 24.0. The molecule has 3 unspecified atom stereocenters. The number of fused-ring (bicyclic) bond motifs is 1. The number of nitrogens with one attached hydrogen (secondary N) is 1. The van der Waals surface area contributed by atoms with Crippen LogP contribution >= 0.6 is 23.1 Å². The van der Waals surface area contributed by atoms with E-state index in [0.29, 0.717) is 11.3 Å². The van der Waals surface area contributed by atoms with Gasteiger partial charge in [-0.15, -0.1) is 18.3 Å². The van der Waals surface area contributed by atoms with Crippen molar-refractivity contribution in [2.45, 2.75) is 35.9 Å². The van der Waals surface area contributed by atoms with E-state index in [1.54, 1.807) is 0 Å². The van der Waals surface area contributed by atoms with Crippen LogP contribution in [-0.4, -0.2) is 47.5 Å². The summed E-state index contributed by atoms with van der Waals surface area (Å²) < 4.78 is 6.98. The first-order chi connectivity index (χ1) is 12.3. The maximum atomic E-state index is 12.5. The number of hydrogen-bond acceptors (Lipinski definition) is 9. The highest BCUT2D eigenvalue weighted by atomic mass is 32.2. The number of nitrogens with two attached hydrogens (primary N) is 1. The SMILES string of the molecule is C=CC[C@H](O)C1OC(n2c(=O)sc3c(=O)[nH]c(N)nc32)C(CC(=O)O)S1. The van der Waals surface area contributed by atoms with E-state index in [1.807, 2.05) is 0 Å². The monoisotopic (exact) mass is 400 g/mol. The van der Waals surface area contributed by atoms with Crippen molar-refractivity contribution in [1.82, 2.24) is 14.5 Å². The molecule has 5 N–H and O–H groups in total. The van der Waals surface area contributed by atoms with Gasteiger partial charge in [0, 0.05) is 0 Å². The van der Waals surface area contributed by atoms with Gasteiger partial charge in [-0.2, -0.15) is 4.98 Å². The molecule has 2 aromatic rings. The molecular weight excluding hydrogens is 384 g/mol. The van der Waals surface area contributed by atoms with E-state index in [1.165, 1.54) is 6.08 Å². The fourth-order valence-electron chi connectivity index (χ4n) is 2.68. The van der Waals surface area contributed by atoms with Crippen molar-refractivity contribution in [3.8, 4) is 0 Å². The highest BCUT2D eigenvalue weighted by Gasteiger charge is 2.42. The number of carboxylic acids is 1. The topological polar surface area (TPSA) is 161 Å². The Kier molecular flexibility index (Phi) is 5.18. The molecule has 0 amide bonds. The first kappa shape index (κ1) is 18.6. The molecule has 0 radical (unpaired) electrons. The Morgan fingerprint density at radius 1 is 1.54 bits per heavy atom. The maximum Gasteiger partial charge on any atom is 0.311 e. The first-order valence-corrected chi connectivity index (χ1v) is 9.30. The highest BCUT2D eigenvalue weighted by Crippen LogP contribution is 2.43. The minimum Gasteiger partial charge on any atom is -0.481 e. The number of ether oxygens (including phenoxy) is 1. The molecule has 1 aliphatic heterocycles. The van der Waals surface area contributed by atoms with Crippen LogP contribution in [0.5, 0.6) is 0 Å². The third-order valence-electron chi connectivity index (χ3n) is 3.74. The molecule has 0 bridgehead atoms. The van der Waals surface area contributed by atoms with Gasteiger partial charge in [0.1, 0.15) is 10.1 Å². The molecular formula is C14H16N4O6S2. The predicted molar refractivity (Wildman–Crippen MR) is 97.3 cm³/mol. The standard InChI is InChI=1S/C14H16N4O6S2/c1-2-3-5(19)12-24-11(6(25-12)4-7(20)21)18-9-8(26-14(18)23)10(22)17-13(15)16-9/h2,5-6,11-12,19H,1,3-4H2,(H,20,21)(H3,15,16,17,22)/t5-,6?,11?,12?/m0/s1. The van der Waals surface area contributed by atoms with Gasteiger partial charge in [0.05, 0.1) is 17.8 Å². The minimum absolute atomic E-state index is 0.0288. The van der Waals surface area contributed by atoms with Crippen LogP contribution in [0.15, 0.2) is 22.2 Å². The van der Waals surface area contributed by atoms with Gasteiger partial charge in [0.15, 0.2) is 11.9 Å². The maximum absolute atomic E-state index is 12.5. The zero-order chi connectivity index (χ0) is 19.0. The molecule has 3 heterocycles. The zero-order valence-corrected chi connectivity index (χ0v) is 15.0. The van der Waals surface area contributed by atoms with Gasteiger partial charge in [-0.05, 0) is 6.42 Å². The summed E-state index contributed by atoms with van der Waals surface area (Å²) >= 11 is 1.79. The summed E-state index contributed by atoms with van der Waals surface area (Å²) in [6.45, 7) is 3.55. The van der Waals surface area contributed by atoms with Crippen molar-refractivity contribution in [1.29, 1.82) is 0 Å². The third kappa shape index (κ3) is 3.40. The Bertz CT molecular complexity index is 966. The summed E-state index contributed by atoms with van der Waals surface area (Å²) in [4.78, 5) is 41.4. The van der Waals surface area contributed by atoms with Gasteiger partial charge in [-0.3, -0.25) is 23.9 Å². The number of aromatic nitrogens is 3. The molecule has 1 saturated heterocycles. The van der Waals surface area contributed by atoms with Gasteiger partial charge in [-0.1, -0.05) is 17.4 Å². The van der Waals surface area contributed by atoms with Crippen LogP contribution in [0.2, 0.25) is 0 Å². The highest BCUT2D eigenvalue weighted by molar-refractivity contribution is 8.00. The second-order valence-corrected chi connectivity index (χ2v) is 7.90. The van der Waals surface area contributed by atoms with Crippen molar-refractivity contribution in [2.75, 3.05) is 5.73 Å². The number of H-pyrrole nitrogens is 1. The number of anilines is 1. The molecule has 1 fully saturated rings. The summed E-state index contributed by atoms with van der Waals surface area (Å²) in [5.41, 5.74) is 4.29. The van der Waals surface area contributed by atoms with Crippen molar-refractivity contribution < 1.29 is 19.7 Å². The molecule has 0 spiro atoms. The van der Waals surface area contributed by atoms with Crippen molar-refractivity contribution in [3.05, 3.63) is 32.7 Å². The average molecular weight is 400 g/mol. The number of thiazole rings is 1. The van der Waals surface area contributed by atoms with Gasteiger partial charge < -0.3 is 20.7 Å². The van der Waals surface area contributed by atoms with E-state index < -0.39 is 39.4 Å². The van der Waals surface area contributed by atoms with E-state index in [2.05, 4.69) is 16.5 Å². The minimum atomic E-state index is -1.08. The van der Waals surface area contributed by atoms with Crippen LogP contribution in [0.1, 0.15) is 19.1 Å². The first-order valence-electron chi connectivity index (χ1n) is 7.54. The number of carboxylic acid groups (broad SMARTS) is 1. The fraction of sp³-hybridized carbons (Fsp3) is 0.429. The van der Waals surface area contributed by atoms with Crippen LogP contribution in [0.4, 0.5) is 5.95 Å². The van der Waals surface area contributed by atoms with E-state index in [9.17, 15) is 19.5 Å². The van der Waals surface area contributed by atoms with Crippen molar-refractivity contribution >= 4 is 45.4 Å². The zero-order valence-electron chi connectivity index (χ0n) is 13.3. The third-order valence-corrected chi connectivity index (χ3v) is 6.13. The molecule has 12 heteroatoms. The molecule has 4 atom stereocenters. The van der Waals surface area contributed by atoms with E-state index in [0.717, 1.165) is 16.3 Å². The number of thioether (sulfide) groups is 1. The summed E-state index contributed by atoms with van der Waals surface area (Å²) in [6.07, 6.45) is -0.456.